The van der Waals surface area contributed by atoms with Crippen LogP contribution >= 0.6 is 11.6 Å². The van der Waals surface area contributed by atoms with E-state index in [0.717, 1.165) is 16.5 Å². The van der Waals surface area contributed by atoms with Crippen LogP contribution in [0.2, 0.25) is 5.02 Å². The summed E-state index contributed by atoms with van der Waals surface area (Å²) in [6.45, 7) is 0.518. The molecule has 5 heteroatoms. The molecule has 0 fully saturated rings. The molecule has 2 aromatic carbocycles. The molecule has 0 aliphatic carbocycles. The van der Waals surface area contributed by atoms with Gasteiger partial charge in [0.05, 0.1) is 11.2 Å². The fourth-order valence-corrected chi connectivity index (χ4v) is 2.34. The number of aromatic nitrogens is 2. The van der Waals surface area contributed by atoms with Crippen molar-refractivity contribution < 1.29 is 0 Å². The molecule has 4 nitrogen and oxygen atoms in total. The summed E-state index contributed by atoms with van der Waals surface area (Å²) in [4.78, 5) is 0. The number of hydrogen-bond acceptors (Lipinski definition) is 4. The number of hydrogen-bond donors (Lipinski definition) is 1. The zero-order chi connectivity index (χ0) is 14.7. The summed E-state index contributed by atoms with van der Waals surface area (Å²) in [5.41, 5.74) is 2.67. The van der Waals surface area contributed by atoms with Gasteiger partial charge in [-0.25, -0.2) is 0 Å². The number of fused-ring (bicyclic) bond motifs is 1. The lowest BCUT2D eigenvalue weighted by Gasteiger charge is -2.11. The van der Waals surface area contributed by atoms with E-state index in [-0.39, 0.29) is 5.69 Å². The summed E-state index contributed by atoms with van der Waals surface area (Å²) in [6.07, 6.45) is 0. The molecular formula is C16H11ClN4. The summed E-state index contributed by atoms with van der Waals surface area (Å²) in [5, 5.41) is 22.0. The summed E-state index contributed by atoms with van der Waals surface area (Å²) >= 11 is 6.15. The highest BCUT2D eigenvalue weighted by molar-refractivity contribution is 6.31. The molecule has 1 heterocycles. The van der Waals surface area contributed by atoms with Crippen LogP contribution in [0, 0.1) is 11.3 Å². The van der Waals surface area contributed by atoms with Gasteiger partial charge in [0.25, 0.3) is 0 Å². The van der Waals surface area contributed by atoms with E-state index in [1.807, 2.05) is 48.5 Å². The Morgan fingerprint density at radius 3 is 2.62 bits per heavy atom. The predicted molar refractivity (Wildman–Crippen MR) is 83.0 cm³/mol. The van der Waals surface area contributed by atoms with Gasteiger partial charge in [0.15, 0.2) is 5.69 Å². The minimum Gasteiger partial charge on any atom is -0.378 e. The molecule has 0 atom stereocenters. The predicted octanol–water partition coefficient (Wildman–Crippen LogP) is 3.77. The maximum absolute atomic E-state index is 9.21. The second-order valence-electron chi connectivity index (χ2n) is 4.50. The van der Waals surface area contributed by atoms with E-state index in [1.165, 1.54) is 0 Å². The molecule has 0 aliphatic rings. The Morgan fingerprint density at radius 2 is 1.81 bits per heavy atom. The van der Waals surface area contributed by atoms with Gasteiger partial charge in [0, 0.05) is 17.0 Å². The van der Waals surface area contributed by atoms with Gasteiger partial charge in [-0.3, -0.25) is 0 Å². The van der Waals surface area contributed by atoms with Crippen LogP contribution in [0.15, 0.2) is 48.5 Å². The van der Waals surface area contributed by atoms with Crippen molar-refractivity contribution in [1.29, 1.82) is 5.26 Å². The van der Waals surface area contributed by atoms with E-state index in [1.54, 1.807) is 0 Å². The number of anilines is 1. The second kappa shape index (κ2) is 5.78. The third-order valence-electron chi connectivity index (χ3n) is 3.19. The fraction of sp³-hybridized carbons (Fsp3) is 0.0625. The fourth-order valence-electron chi connectivity index (χ4n) is 2.14. The van der Waals surface area contributed by atoms with Gasteiger partial charge in [0.1, 0.15) is 6.07 Å². The number of nitrogens with zero attached hydrogens (tertiary/aromatic N) is 3. The number of benzene rings is 2. The third-order valence-corrected chi connectivity index (χ3v) is 3.56. The first kappa shape index (κ1) is 13.3. The van der Waals surface area contributed by atoms with Crippen molar-refractivity contribution >= 4 is 28.2 Å². The molecule has 0 radical (unpaired) electrons. The second-order valence-corrected chi connectivity index (χ2v) is 4.90. The van der Waals surface area contributed by atoms with Crippen LogP contribution < -0.4 is 5.32 Å². The molecule has 0 aliphatic heterocycles. The SMILES string of the molecule is N#Cc1nnc2ccccc2c1NCc1ccccc1Cl. The molecule has 0 saturated heterocycles. The van der Waals surface area contributed by atoms with Gasteiger partial charge in [-0.05, 0) is 17.7 Å². The summed E-state index contributed by atoms with van der Waals surface area (Å²) in [6, 6.07) is 17.2. The highest BCUT2D eigenvalue weighted by Gasteiger charge is 2.10. The highest BCUT2D eigenvalue weighted by Crippen LogP contribution is 2.25. The largest absolute Gasteiger partial charge is 0.378 e. The van der Waals surface area contributed by atoms with Crippen molar-refractivity contribution in [1.82, 2.24) is 10.2 Å². The summed E-state index contributed by atoms with van der Waals surface area (Å²) in [5.74, 6) is 0. The van der Waals surface area contributed by atoms with Gasteiger partial charge < -0.3 is 5.32 Å². The zero-order valence-electron chi connectivity index (χ0n) is 11.0. The average Bonchev–Trinajstić information content (AvgIpc) is 2.53. The van der Waals surface area contributed by atoms with Crippen LogP contribution in [0.1, 0.15) is 11.3 Å². The van der Waals surface area contributed by atoms with E-state index in [4.69, 9.17) is 11.6 Å². The highest BCUT2D eigenvalue weighted by atomic mass is 35.5. The van der Waals surface area contributed by atoms with Gasteiger partial charge in [-0.2, -0.15) is 5.26 Å². The average molecular weight is 295 g/mol. The Balaban J connectivity index is 2.00. The lowest BCUT2D eigenvalue weighted by atomic mass is 10.1. The molecule has 21 heavy (non-hydrogen) atoms. The standard InChI is InChI=1S/C16H11ClN4/c17-13-7-3-1-5-11(13)10-19-16-12-6-2-4-8-14(12)20-21-15(16)9-18/h1-8H,10H2,(H,19,20). The Labute approximate surface area is 127 Å². The van der Waals surface area contributed by atoms with E-state index in [2.05, 4.69) is 21.6 Å². The number of halogens is 1. The monoisotopic (exact) mass is 294 g/mol. The summed E-state index contributed by atoms with van der Waals surface area (Å²) < 4.78 is 0. The Morgan fingerprint density at radius 1 is 1.05 bits per heavy atom. The first-order valence-corrected chi connectivity index (χ1v) is 6.80. The van der Waals surface area contributed by atoms with Crippen molar-refractivity contribution in [2.45, 2.75) is 6.54 Å². The molecule has 1 aromatic heterocycles. The van der Waals surface area contributed by atoms with Crippen molar-refractivity contribution in [3.63, 3.8) is 0 Å². The summed E-state index contributed by atoms with van der Waals surface area (Å²) in [7, 11) is 0. The van der Waals surface area contributed by atoms with Crippen LogP contribution in [0.3, 0.4) is 0 Å². The van der Waals surface area contributed by atoms with Crippen molar-refractivity contribution in [3.8, 4) is 6.07 Å². The van der Waals surface area contributed by atoms with Crippen LogP contribution in [0.5, 0.6) is 0 Å². The van der Waals surface area contributed by atoms with Crippen LogP contribution in [-0.2, 0) is 6.54 Å². The maximum atomic E-state index is 9.21. The van der Waals surface area contributed by atoms with Gasteiger partial charge in [-0.15, -0.1) is 10.2 Å². The van der Waals surface area contributed by atoms with Gasteiger partial charge in [0.2, 0.25) is 0 Å². The van der Waals surface area contributed by atoms with Crippen molar-refractivity contribution in [2.24, 2.45) is 0 Å². The number of rotatable bonds is 3. The molecule has 0 saturated carbocycles. The molecule has 0 amide bonds. The van der Waals surface area contributed by atoms with Gasteiger partial charge in [-0.1, -0.05) is 48.0 Å². The maximum Gasteiger partial charge on any atom is 0.186 e. The van der Waals surface area contributed by atoms with E-state index in [9.17, 15) is 5.26 Å². The minimum atomic E-state index is 0.278. The molecule has 102 valence electrons. The third kappa shape index (κ3) is 2.64. The molecule has 0 unspecified atom stereocenters. The first-order valence-electron chi connectivity index (χ1n) is 6.42. The van der Waals surface area contributed by atoms with Crippen molar-refractivity contribution in [2.75, 3.05) is 5.32 Å². The van der Waals surface area contributed by atoms with Gasteiger partial charge >= 0.3 is 0 Å². The zero-order valence-corrected chi connectivity index (χ0v) is 11.8. The molecule has 0 spiro atoms. The lowest BCUT2D eigenvalue weighted by molar-refractivity contribution is 1.04. The van der Waals surface area contributed by atoms with E-state index >= 15 is 0 Å². The Hall–Kier alpha value is -2.64. The minimum absolute atomic E-state index is 0.278. The van der Waals surface area contributed by atoms with E-state index < -0.39 is 0 Å². The number of nitriles is 1. The quantitative estimate of drug-likeness (QED) is 0.799. The smallest absolute Gasteiger partial charge is 0.186 e. The Bertz CT molecular complexity index is 839. The van der Waals surface area contributed by atoms with Crippen LogP contribution in [0.4, 0.5) is 5.69 Å². The molecular weight excluding hydrogens is 284 g/mol. The normalized spacial score (nSPS) is 10.3. The molecule has 3 rings (SSSR count). The van der Waals surface area contributed by atoms with Crippen LogP contribution in [-0.4, -0.2) is 10.2 Å². The first-order chi connectivity index (χ1) is 10.3. The number of nitrogens with one attached hydrogen (secondary N) is 1. The van der Waals surface area contributed by atoms with E-state index in [0.29, 0.717) is 17.3 Å². The molecule has 3 aromatic rings. The Kier molecular flexibility index (Phi) is 3.67. The molecule has 1 N–H and O–H groups in total. The van der Waals surface area contributed by atoms with Crippen LogP contribution in [0.25, 0.3) is 10.9 Å². The molecule has 0 bridgehead atoms. The topological polar surface area (TPSA) is 61.6 Å². The van der Waals surface area contributed by atoms with Crippen molar-refractivity contribution in [3.05, 3.63) is 64.8 Å². The lowest BCUT2D eigenvalue weighted by Crippen LogP contribution is -2.05.